The van der Waals surface area contributed by atoms with Crippen molar-refractivity contribution in [1.29, 1.82) is 0 Å². The van der Waals surface area contributed by atoms with Crippen LogP contribution in [-0.4, -0.2) is 28.6 Å². The monoisotopic (exact) mass is 312 g/mol. The molecule has 4 heteroatoms. The highest BCUT2D eigenvalue weighted by Gasteiger charge is 2.20. The number of aromatic carboxylic acids is 1. The fourth-order valence-electron chi connectivity index (χ4n) is 2.36. The number of aliphatic hydroxyl groups excluding tert-OH is 1. The number of carbonyl (C=O) groups excluding carboxylic acids is 1. The molecule has 0 unspecified atom stereocenters. The number of ketones is 1. The largest absolute Gasteiger partial charge is 0.478 e. The van der Waals surface area contributed by atoms with E-state index in [2.05, 4.69) is 0 Å². The zero-order valence-electron chi connectivity index (χ0n) is 13.2. The van der Waals surface area contributed by atoms with Gasteiger partial charge in [-0.05, 0) is 17.2 Å². The van der Waals surface area contributed by atoms with Gasteiger partial charge in [-0.15, -0.1) is 0 Å². The van der Waals surface area contributed by atoms with Gasteiger partial charge >= 0.3 is 5.97 Å². The topological polar surface area (TPSA) is 74.6 Å². The number of carbonyl (C=O) groups is 2. The number of benzene rings is 2. The number of carboxylic acids is 1. The molecule has 0 bridgehead atoms. The standard InChI is InChI=1S/C19H20O4/c1-19(2,12-20)14-9-7-13(8-10-14)11-17(21)15-5-3-4-6-16(15)18(22)23/h3-10,20H,11-12H2,1-2H3,(H,22,23). The van der Waals surface area contributed by atoms with E-state index in [4.69, 9.17) is 5.11 Å². The fraction of sp³-hybridized carbons (Fsp3) is 0.263. The fourth-order valence-corrected chi connectivity index (χ4v) is 2.36. The Balaban J connectivity index is 2.20. The minimum atomic E-state index is -1.10. The lowest BCUT2D eigenvalue weighted by atomic mass is 9.85. The molecule has 2 N–H and O–H groups in total. The van der Waals surface area contributed by atoms with E-state index in [9.17, 15) is 14.7 Å². The van der Waals surface area contributed by atoms with Crippen LogP contribution in [0.25, 0.3) is 0 Å². The summed E-state index contributed by atoms with van der Waals surface area (Å²) >= 11 is 0. The normalized spacial score (nSPS) is 11.3. The van der Waals surface area contributed by atoms with Crippen molar-refractivity contribution in [3.63, 3.8) is 0 Å². The molecule has 0 fully saturated rings. The lowest BCUT2D eigenvalue weighted by molar-refractivity contribution is 0.0692. The molecule has 4 nitrogen and oxygen atoms in total. The van der Waals surface area contributed by atoms with Gasteiger partial charge < -0.3 is 10.2 Å². The van der Waals surface area contributed by atoms with Gasteiger partial charge in [0.25, 0.3) is 0 Å². The first kappa shape index (κ1) is 16.9. The maximum Gasteiger partial charge on any atom is 0.336 e. The first-order valence-electron chi connectivity index (χ1n) is 7.41. The summed E-state index contributed by atoms with van der Waals surface area (Å²) in [5.41, 5.74) is 1.71. The predicted octanol–water partition coefficient (Wildman–Crippen LogP) is 3.08. The third-order valence-corrected chi connectivity index (χ3v) is 3.95. The lowest BCUT2D eigenvalue weighted by Gasteiger charge is -2.22. The van der Waals surface area contributed by atoms with Crippen LogP contribution >= 0.6 is 0 Å². The van der Waals surface area contributed by atoms with E-state index < -0.39 is 5.97 Å². The van der Waals surface area contributed by atoms with Gasteiger partial charge in [0.15, 0.2) is 5.78 Å². The maximum atomic E-state index is 12.4. The van der Waals surface area contributed by atoms with Crippen molar-refractivity contribution < 1.29 is 19.8 Å². The van der Waals surface area contributed by atoms with Crippen molar-refractivity contribution in [2.24, 2.45) is 0 Å². The number of hydrogen-bond donors (Lipinski definition) is 2. The highest BCUT2D eigenvalue weighted by atomic mass is 16.4. The van der Waals surface area contributed by atoms with Crippen LogP contribution in [0.3, 0.4) is 0 Å². The number of rotatable bonds is 6. The summed E-state index contributed by atoms with van der Waals surface area (Å²) in [6.45, 7) is 3.92. The zero-order chi connectivity index (χ0) is 17.0. The number of hydrogen-bond acceptors (Lipinski definition) is 3. The second-order valence-corrected chi connectivity index (χ2v) is 6.19. The summed E-state index contributed by atoms with van der Waals surface area (Å²) in [4.78, 5) is 23.6. The molecule has 0 aliphatic heterocycles. The Hall–Kier alpha value is -2.46. The van der Waals surface area contributed by atoms with E-state index >= 15 is 0 Å². The van der Waals surface area contributed by atoms with Crippen molar-refractivity contribution in [2.75, 3.05) is 6.61 Å². The van der Waals surface area contributed by atoms with Crippen LogP contribution in [-0.2, 0) is 11.8 Å². The average molecular weight is 312 g/mol. The SMILES string of the molecule is CC(C)(CO)c1ccc(CC(=O)c2ccccc2C(=O)O)cc1. The van der Waals surface area contributed by atoms with Gasteiger partial charge in [-0.3, -0.25) is 4.79 Å². The molecule has 2 aromatic rings. The van der Waals surface area contributed by atoms with Crippen LogP contribution in [0, 0.1) is 0 Å². The Morgan fingerprint density at radius 3 is 2.04 bits per heavy atom. The summed E-state index contributed by atoms with van der Waals surface area (Å²) in [7, 11) is 0. The second kappa shape index (κ2) is 6.75. The average Bonchev–Trinajstić information content (AvgIpc) is 2.55. The summed E-state index contributed by atoms with van der Waals surface area (Å²) < 4.78 is 0. The minimum Gasteiger partial charge on any atom is -0.478 e. The number of aliphatic hydroxyl groups is 1. The molecule has 0 atom stereocenters. The van der Waals surface area contributed by atoms with Crippen LogP contribution in [0.4, 0.5) is 0 Å². The van der Waals surface area contributed by atoms with Crippen molar-refractivity contribution in [3.8, 4) is 0 Å². The van der Waals surface area contributed by atoms with Crippen LogP contribution in [0.1, 0.15) is 45.7 Å². The molecule has 0 aromatic heterocycles. The molecule has 0 saturated carbocycles. The Morgan fingerprint density at radius 2 is 1.52 bits per heavy atom. The molecule has 2 rings (SSSR count). The van der Waals surface area contributed by atoms with Gasteiger partial charge in [0.05, 0.1) is 12.2 Å². The molecule has 0 amide bonds. The first-order chi connectivity index (χ1) is 10.8. The van der Waals surface area contributed by atoms with Gasteiger partial charge in [0.1, 0.15) is 0 Å². The molecule has 23 heavy (non-hydrogen) atoms. The smallest absolute Gasteiger partial charge is 0.336 e. The highest BCUT2D eigenvalue weighted by Crippen LogP contribution is 2.23. The second-order valence-electron chi connectivity index (χ2n) is 6.19. The Kier molecular flexibility index (Phi) is 4.96. The maximum absolute atomic E-state index is 12.4. The molecule has 0 spiro atoms. The predicted molar refractivity (Wildman–Crippen MR) is 88.0 cm³/mol. The molecule has 120 valence electrons. The lowest BCUT2D eigenvalue weighted by Crippen LogP contribution is -2.21. The number of Topliss-reactive ketones (excluding diaryl/α,β-unsaturated/α-hetero) is 1. The first-order valence-corrected chi connectivity index (χ1v) is 7.41. The number of carboxylic acid groups (broad SMARTS) is 1. The van der Waals surface area contributed by atoms with Crippen LogP contribution in [0.15, 0.2) is 48.5 Å². The molecular weight excluding hydrogens is 292 g/mol. The third-order valence-electron chi connectivity index (χ3n) is 3.95. The van der Waals surface area contributed by atoms with E-state index in [1.165, 1.54) is 12.1 Å². The van der Waals surface area contributed by atoms with E-state index in [0.29, 0.717) is 0 Å². The van der Waals surface area contributed by atoms with E-state index in [-0.39, 0.29) is 35.4 Å². The summed E-state index contributed by atoms with van der Waals surface area (Å²) in [6.07, 6.45) is 0.143. The molecule has 0 aliphatic carbocycles. The molecule has 0 radical (unpaired) electrons. The zero-order valence-corrected chi connectivity index (χ0v) is 13.2. The van der Waals surface area contributed by atoms with Crippen molar-refractivity contribution in [3.05, 3.63) is 70.8 Å². The summed E-state index contributed by atoms with van der Waals surface area (Å²) in [5.74, 6) is -1.33. The van der Waals surface area contributed by atoms with Gasteiger partial charge in [-0.2, -0.15) is 0 Å². The summed E-state index contributed by atoms with van der Waals surface area (Å²) in [5, 5.41) is 18.5. The van der Waals surface area contributed by atoms with Gasteiger partial charge in [0, 0.05) is 17.4 Å². The van der Waals surface area contributed by atoms with Crippen molar-refractivity contribution in [2.45, 2.75) is 25.7 Å². The Morgan fingerprint density at radius 1 is 0.957 bits per heavy atom. The minimum absolute atomic E-state index is 0.0236. The quantitative estimate of drug-likeness (QED) is 0.804. The molecule has 0 aliphatic rings. The van der Waals surface area contributed by atoms with Crippen molar-refractivity contribution >= 4 is 11.8 Å². The van der Waals surface area contributed by atoms with Crippen LogP contribution in [0.5, 0.6) is 0 Å². The Bertz CT molecular complexity index is 714. The highest BCUT2D eigenvalue weighted by molar-refractivity contribution is 6.06. The van der Waals surface area contributed by atoms with Crippen molar-refractivity contribution in [1.82, 2.24) is 0 Å². The molecule has 0 heterocycles. The molecular formula is C19H20O4. The van der Waals surface area contributed by atoms with Crippen LogP contribution < -0.4 is 0 Å². The van der Waals surface area contributed by atoms with E-state index in [1.807, 2.05) is 38.1 Å². The van der Waals surface area contributed by atoms with Gasteiger partial charge in [-0.25, -0.2) is 4.79 Å². The molecule has 2 aromatic carbocycles. The van der Waals surface area contributed by atoms with Gasteiger partial charge in [0.2, 0.25) is 0 Å². The summed E-state index contributed by atoms with van der Waals surface area (Å²) in [6, 6.07) is 13.7. The van der Waals surface area contributed by atoms with Crippen LogP contribution in [0.2, 0.25) is 0 Å². The Labute approximate surface area is 135 Å². The van der Waals surface area contributed by atoms with E-state index in [1.54, 1.807) is 12.1 Å². The third kappa shape index (κ3) is 3.85. The van der Waals surface area contributed by atoms with Gasteiger partial charge in [-0.1, -0.05) is 56.3 Å². The van der Waals surface area contributed by atoms with E-state index in [0.717, 1.165) is 11.1 Å². The molecule has 0 saturated heterocycles.